The van der Waals surface area contributed by atoms with Crippen LogP contribution in [0.1, 0.15) is 41.0 Å². The molecular weight excluding hydrogens is 436 g/mol. The summed E-state index contributed by atoms with van der Waals surface area (Å²) < 4.78 is 10.1. The highest BCUT2D eigenvalue weighted by Crippen LogP contribution is 2.32. The van der Waals surface area contributed by atoms with Gasteiger partial charge in [-0.2, -0.15) is 0 Å². The second-order valence-electron chi connectivity index (χ2n) is 6.71. The lowest BCUT2D eigenvalue weighted by molar-refractivity contribution is -0.120. The summed E-state index contributed by atoms with van der Waals surface area (Å²) in [6, 6.07) is 12.3. The van der Waals surface area contributed by atoms with Crippen molar-refractivity contribution >= 4 is 46.7 Å². The van der Waals surface area contributed by atoms with Crippen LogP contribution in [0.5, 0.6) is 0 Å². The fourth-order valence-corrected chi connectivity index (χ4v) is 3.20. The van der Waals surface area contributed by atoms with Crippen molar-refractivity contribution in [3.05, 3.63) is 70.4 Å². The topological polar surface area (TPSA) is 102 Å². The molecule has 1 N–H and O–H groups in total. The van der Waals surface area contributed by atoms with Crippen LogP contribution in [0.2, 0.25) is 0 Å². The van der Waals surface area contributed by atoms with E-state index in [0.29, 0.717) is 17.7 Å². The first-order chi connectivity index (χ1) is 15.4. The Bertz CT molecular complexity index is 1090. The fraction of sp³-hybridized carbons (Fsp3) is 0.217. The average molecular weight is 457 g/mol. The number of esters is 2. The van der Waals surface area contributed by atoms with Crippen molar-refractivity contribution in [1.29, 1.82) is 0 Å². The third-order valence-electron chi connectivity index (χ3n) is 4.49. The number of carbonyl (C=O) groups excluding carboxylic acids is 4. The zero-order chi connectivity index (χ0) is 23.3. The Morgan fingerprint density at radius 3 is 2.28 bits per heavy atom. The number of imide groups is 1. The lowest BCUT2D eigenvalue weighted by atomic mass is 10.1. The van der Waals surface area contributed by atoms with Crippen molar-refractivity contribution in [3.63, 3.8) is 0 Å². The Morgan fingerprint density at radius 1 is 0.938 bits per heavy atom. The molecule has 9 heteroatoms. The fourth-order valence-electron chi connectivity index (χ4n) is 2.99. The number of amides is 2. The summed E-state index contributed by atoms with van der Waals surface area (Å²) in [5.41, 5.74) is 0.790. The molecule has 0 aromatic heterocycles. The second kappa shape index (κ2) is 10.1. The van der Waals surface area contributed by atoms with E-state index in [2.05, 4.69) is 5.32 Å². The van der Waals surface area contributed by atoms with Crippen LogP contribution < -0.4 is 10.2 Å². The molecule has 0 fully saturated rings. The number of halogens is 1. The van der Waals surface area contributed by atoms with E-state index in [-0.39, 0.29) is 35.2 Å². The third-order valence-corrected chi connectivity index (χ3v) is 4.85. The van der Waals surface area contributed by atoms with E-state index in [1.807, 2.05) is 6.92 Å². The molecule has 0 bridgehead atoms. The van der Waals surface area contributed by atoms with Crippen LogP contribution >= 0.6 is 11.6 Å². The van der Waals surface area contributed by atoms with Gasteiger partial charge < -0.3 is 14.8 Å². The number of hydrogen-bond acceptors (Lipinski definition) is 7. The first-order valence-corrected chi connectivity index (χ1v) is 10.4. The minimum atomic E-state index is -0.766. The number of benzene rings is 2. The predicted octanol–water partition coefficient (Wildman–Crippen LogP) is 3.87. The number of anilines is 2. The van der Waals surface area contributed by atoms with Crippen molar-refractivity contribution in [3.8, 4) is 0 Å². The molecule has 1 aliphatic heterocycles. The van der Waals surface area contributed by atoms with Crippen LogP contribution in [0.4, 0.5) is 11.4 Å². The number of carbonyl (C=O) groups is 4. The summed E-state index contributed by atoms with van der Waals surface area (Å²) in [7, 11) is 0. The smallest absolute Gasteiger partial charge is 0.340 e. The summed E-state index contributed by atoms with van der Waals surface area (Å²) in [4.78, 5) is 50.9. The van der Waals surface area contributed by atoms with Crippen LogP contribution in [0.25, 0.3) is 0 Å². The molecule has 166 valence electrons. The van der Waals surface area contributed by atoms with Crippen LogP contribution in [0.15, 0.2) is 59.3 Å². The van der Waals surface area contributed by atoms with Gasteiger partial charge >= 0.3 is 11.9 Å². The maximum absolute atomic E-state index is 13.1. The Kier molecular flexibility index (Phi) is 7.27. The summed E-state index contributed by atoms with van der Waals surface area (Å²) in [5, 5.41) is 2.50. The Balaban J connectivity index is 1.84. The highest BCUT2D eigenvalue weighted by molar-refractivity contribution is 6.53. The highest BCUT2D eigenvalue weighted by atomic mass is 35.5. The minimum absolute atomic E-state index is 0.0761. The summed E-state index contributed by atoms with van der Waals surface area (Å²) >= 11 is 6.17. The van der Waals surface area contributed by atoms with E-state index in [1.54, 1.807) is 31.2 Å². The molecule has 1 heterocycles. The maximum Gasteiger partial charge on any atom is 0.340 e. The molecule has 2 aromatic rings. The van der Waals surface area contributed by atoms with Gasteiger partial charge in [0, 0.05) is 5.69 Å². The van der Waals surface area contributed by atoms with E-state index in [0.717, 1.165) is 4.90 Å². The van der Waals surface area contributed by atoms with Gasteiger partial charge in [0.05, 0.1) is 30.0 Å². The van der Waals surface area contributed by atoms with E-state index >= 15 is 0 Å². The molecule has 3 rings (SSSR count). The van der Waals surface area contributed by atoms with Gasteiger partial charge in [-0.3, -0.25) is 9.59 Å². The summed E-state index contributed by atoms with van der Waals surface area (Å²) in [6.07, 6.45) is 0.631. The van der Waals surface area contributed by atoms with Crippen LogP contribution in [0.3, 0.4) is 0 Å². The Hall–Kier alpha value is -3.65. The third kappa shape index (κ3) is 4.65. The first kappa shape index (κ1) is 23.0. The van der Waals surface area contributed by atoms with E-state index in [1.165, 1.54) is 24.3 Å². The number of nitrogens with one attached hydrogen (secondary N) is 1. The van der Waals surface area contributed by atoms with Gasteiger partial charge in [0.25, 0.3) is 11.8 Å². The highest BCUT2D eigenvalue weighted by Gasteiger charge is 2.40. The molecule has 0 atom stereocenters. The van der Waals surface area contributed by atoms with Crippen molar-refractivity contribution in [2.45, 2.75) is 20.3 Å². The molecule has 0 radical (unpaired) electrons. The SMILES string of the molecule is CCCOC(=O)c1ccccc1N1C(=O)C(Cl)=C(Nc2ccc(C(=O)OCC)cc2)C1=O. The number of nitrogens with zero attached hydrogens (tertiary/aromatic N) is 1. The van der Waals surface area contributed by atoms with Gasteiger partial charge in [0.15, 0.2) is 0 Å². The quantitative estimate of drug-likeness (QED) is 0.475. The number of hydrogen-bond donors (Lipinski definition) is 1. The Morgan fingerprint density at radius 2 is 1.62 bits per heavy atom. The van der Waals surface area contributed by atoms with Gasteiger partial charge in [0.1, 0.15) is 10.7 Å². The zero-order valence-corrected chi connectivity index (χ0v) is 18.3. The second-order valence-corrected chi connectivity index (χ2v) is 7.09. The number of rotatable bonds is 8. The normalized spacial score (nSPS) is 13.4. The number of para-hydroxylation sites is 1. The van der Waals surface area contributed by atoms with Gasteiger partial charge in [-0.1, -0.05) is 30.7 Å². The molecule has 2 aromatic carbocycles. The lowest BCUT2D eigenvalue weighted by Gasteiger charge is -2.18. The van der Waals surface area contributed by atoms with Crippen LogP contribution in [-0.4, -0.2) is 37.0 Å². The van der Waals surface area contributed by atoms with Crippen molar-refractivity contribution in [2.75, 3.05) is 23.4 Å². The van der Waals surface area contributed by atoms with Gasteiger partial charge in [-0.15, -0.1) is 0 Å². The van der Waals surface area contributed by atoms with E-state index in [4.69, 9.17) is 21.1 Å². The monoisotopic (exact) mass is 456 g/mol. The predicted molar refractivity (Wildman–Crippen MR) is 118 cm³/mol. The van der Waals surface area contributed by atoms with Crippen molar-refractivity contribution in [2.24, 2.45) is 0 Å². The average Bonchev–Trinajstić information content (AvgIpc) is 3.01. The van der Waals surface area contributed by atoms with Crippen LogP contribution in [0, 0.1) is 0 Å². The Labute approximate surface area is 189 Å². The minimum Gasteiger partial charge on any atom is -0.462 e. The molecule has 8 nitrogen and oxygen atoms in total. The largest absolute Gasteiger partial charge is 0.462 e. The molecule has 0 unspecified atom stereocenters. The summed E-state index contributed by atoms with van der Waals surface area (Å²) in [6.45, 7) is 4.02. The zero-order valence-electron chi connectivity index (χ0n) is 17.5. The lowest BCUT2D eigenvalue weighted by Crippen LogP contribution is -2.33. The van der Waals surface area contributed by atoms with Crippen LogP contribution in [-0.2, 0) is 19.1 Å². The molecule has 1 aliphatic rings. The number of ether oxygens (including phenoxy) is 2. The first-order valence-electron chi connectivity index (χ1n) is 9.97. The van der Waals surface area contributed by atoms with Gasteiger partial charge in [0.2, 0.25) is 0 Å². The standard InChI is InChI=1S/C23H21ClN2O6/c1-3-13-32-23(30)16-7-5-6-8-17(16)26-20(27)18(24)19(21(26)28)25-15-11-9-14(10-12-15)22(29)31-4-2/h5-12,25H,3-4,13H2,1-2H3. The molecule has 0 saturated carbocycles. The van der Waals surface area contributed by atoms with E-state index in [9.17, 15) is 19.2 Å². The molecule has 0 aliphatic carbocycles. The molecule has 2 amide bonds. The van der Waals surface area contributed by atoms with Gasteiger partial charge in [-0.25, -0.2) is 14.5 Å². The van der Waals surface area contributed by atoms with Crippen molar-refractivity contribution < 1.29 is 28.7 Å². The van der Waals surface area contributed by atoms with Gasteiger partial charge in [-0.05, 0) is 49.7 Å². The van der Waals surface area contributed by atoms with Crippen molar-refractivity contribution in [1.82, 2.24) is 0 Å². The van der Waals surface area contributed by atoms with E-state index < -0.39 is 23.8 Å². The maximum atomic E-state index is 13.1. The molecule has 0 saturated heterocycles. The molecule has 32 heavy (non-hydrogen) atoms. The molecule has 0 spiro atoms. The molecular formula is C23H21ClN2O6. The summed E-state index contributed by atoms with van der Waals surface area (Å²) in [5.74, 6) is -2.60.